The van der Waals surface area contributed by atoms with Gasteiger partial charge in [-0.1, -0.05) is 30.3 Å². The van der Waals surface area contributed by atoms with E-state index in [2.05, 4.69) is 5.32 Å². The van der Waals surface area contributed by atoms with E-state index in [4.69, 9.17) is 9.15 Å². The number of esters is 1. The number of ether oxygens (including phenoxy) is 1. The van der Waals surface area contributed by atoms with Gasteiger partial charge < -0.3 is 14.5 Å². The first-order valence-electron chi connectivity index (χ1n) is 7.27. The summed E-state index contributed by atoms with van der Waals surface area (Å²) in [6.07, 6.45) is 0.230. The first-order valence-corrected chi connectivity index (χ1v) is 7.27. The highest BCUT2D eigenvalue weighted by Crippen LogP contribution is 2.16. The van der Waals surface area contributed by atoms with Gasteiger partial charge in [-0.3, -0.25) is 14.9 Å². The number of nitrogens with zero attached hydrogens (tertiary/aromatic N) is 1. The van der Waals surface area contributed by atoms with Crippen molar-refractivity contribution in [1.82, 2.24) is 5.32 Å². The molecular formula is C16H16N2O6. The lowest BCUT2D eigenvalue weighted by Crippen LogP contribution is -2.43. The zero-order valence-corrected chi connectivity index (χ0v) is 12.9. The minimum absolute atomic E-state index is 0.173. The van der Waals surface area contributed by atoms with Crippen molar-refractivity contribution in [3.63, 3.8) is 0 Å². The fraction of sp³-hybridized carbons (Fsp3) is 0.250. The topological polar surface area (TPSA) is 112 Å². The van der Waals surface area contributed by atoms with Crippen LogP contribution in [0.4, 0.5) is 5.88 Å². The van der Waals surface area contributed by atoms with E-state index in [-0.39, 0.29) is 18.8 Å². The maximum absolute atomic E-state index is 12.2. The van der Waals surface area contributed by atoms with E-state index in [1.807, 2.05) is 30.3 Å². The molecule has 126 valence electrons. The number of carbonyl (C=O) groups is 2. The van der Waals surface area contributed by atoms with Crippen LogP contribution in [0.1, 0.15) is 23.0 Å². The molecule has 8 heteroatoms. The molecule has 0 saturated heterocycles. The second-order valence-electron chi connectivity index (χ2n) is 4.86. The van der Waals surface area contributed by atoms with Crippen molar-refractivity contribution in [2.75, 3.05) is 6.61 Å². The van der Waals surface area contributed by atoms with Crippen LogP contribution in [0.15, 0.2) is 46.9 Å². The molecule has 2 aromatic rings. The Morgan fingerprint density at radius 2 is 1.96 bits per heavy atom. The molecule has 1 atom stereocenters. The summed E-state index contributed by atoms with van der Waals surface area (Å²) in [5, 5.41) is 13.1. The minimum Gasteiger partial charge on any atom is -0.464 e. The number of furan rings is 1. The lowest BCUT2D eigenvalue weighted by molar-refractivity contribution is -0.402. The van der Waals surface area contributed by atoms with Crippen molar-refractivity contribution >= 4 is 17.8 Å². The maximum atomic E-state index is 12.2. The highest BCUT2D eigenvalue weighted by molar-refractivity contribution is 5.94. The minimum atomic E-state index is -0.927. The second kappa shape index (κ2) is 7.91. The highest BCUT2D eigenvalue weighted by Gasteiger charge is 2.25. The number of rotatable bonds is 7. The van der Waals surface area contributed by atoms with Gasteiger partial charge in [-0.2, -0.15) is 0 Å². The van der Waals surface area contributed by atoms with E-state index < -0.39 is 28.7 Å². The van der Waals surface area contributed by atoms with Crippen LogP contribution >= 0.6 is 0 Å². The van der Waals surface area contributed by atoms with Gasteiger partial charge in [0, 0.05) is 6.42 Å². The third-order valence-corrected chi connectivity index (χ3v) is 3.15. The fourth-order valence-corrected chi connectivity index (χ4v) is 2.06. The third kappa shape index (κ3) is 4.42. The number of amides is 1. The van der Waals surface area contributed by atoms with Gasteiger partial charge in [-0.15, -0.1) is 0 Å². The number of nitrogens with one attached hydrogen (secondary N) is 1. The summed E-state index contributed by atoms with van der Waals surface area (Å²) in [4.78, 5) is 34.1. The van der Waals surface area contributed by atoms with Crippen LogP contribution in [0.3, 0.4) is 0 Å². The van der Waals surface area contributed by atoms with E-state index in [1.54, 1.807) is 6.92 Å². The molecule has 1 amide bonds. The van der Waals surface area contributed by atoms with E-state index in [0.717, 1.165) is 11.6 Å². The molecule has 8 nitrogen and oxygen atoms in total. The smallest absolute Gasteiger partial charge is 0.433 e. The Labute approximate surface area is 137 Å². The maximum Gasteiger partial charge on any atom is 0.433 e. The molecule has 0 aliphatic rings. The van der Waals surface area contributed by atoms with Crippen molar-refractivity contribution in [3.05, 3.63) is 63.9 Å². The Kier molecular flexibility index (Phi) is 5.67. The lowest BCUT2D eigenvalue weighted by Gasteiger charge is -2.16. The van der Waals surface area contributed by atoms with Crippen LogP contribution in [0.5, 0.6) is 0 Å². The Bertz CT molecular complexity index is 725. The molecule has 1 heterocycles. The van der Waals surface area contributed by atoms with Gasteiger partial charge in [0.1, 0.15) is 11.0 Å². The van der Waals surface area contributed by atoms with Crippen LogP contribution in [0.2, 0.25) is 0 Å². The molecule has 0 radical (unpaired) electrons. The standard InChI is InChI=1S/C16H16N2O6/c1-2-23-16(20)12(10-11-6-4-3-5-7-11)17-15(19)13-8-9-14(24-13)18(21)22/h3-9,12H,2,10H2,1H3,(H,17,19)/t12-/m0/s1. The first-order chi connectivity index (χ1) is 11.5. The van der Waals surface area contributed by atoms with Gasteiger partial charge in [-0.25, -0.2) is 4.79 Å². The summed E-state index contributed by atoms with van der Waals surface area (Å²) < 4.78 is 9.80. The van der Waals surface area contributed by atoms with Crippen LogP contribution in [-0.2, 0) is 16.0 Å². The van der Waals surface area contributed by atoms with Gasteiger partial charge in [0.05, 0.1) is 12.7 Å². The predicted octanol–water partition coefficient (Wildman–Crippen LogP) is 2.09. The summed E-state index contributed by atoms with van der Waals surface area (Å²) in [5.41, 5.74) is 0.835. The average Bonchev–Trinajstić information content (AvgIpc) is 3.06. The molecule has 0 spiro atoms. The van der Waals surface area contributed by atoms with Gasteiger partial charge in [0.2, 0.25) is 0 Å². The van der Waals surface area contributed by atoms with Gasteiger partial charge in [0.15, 0.2) is 5.76 Å². The molecule has 0 saturated carbocycles. The normalized spacial score (nSPS) is 11.5. The average molecular weight is 332 g/mol. The fourth-order valence-electron chi connectivity index (χ4n) is 2.06. The van der Waals surface area contributed by atoms with E-state index in [0.29, 0.717) is 0 Å². The Morgan fingerprint density at radius 1 is 1.25 bits per heavy atom. The largest absolute Gasteiger partial charge is 0.464 e. The number of hydrogen-bond donors (Lipinski definition) is 1. The van der Waals surface area contributed by atoms with E-state index in [9.17, 15) is 19.7 Å². The molecule has 0 bridgehead atoms. The van der Waals surface area contributed by atoms with Crippen molar-refractivity contribution in [3.8, 4) is 0 Å². The second-order valence-corrected chi connectivity index (χ2v) is 4.86. The van der Waals surface area contributed by atoms with Gasteiger partial charge >= 0.3 is 11.9 Å². The van der Waals surface area contributed by atoms with Crippen molar-refractivity contribution in [2.45, 2.75) is 19.4 Å². The molecule has 0 aliphatic carbocycles. The van der Waals surface area contributed by atoms with Crippen LogP contribution in [0.25, 0.3) is 0 Å². The zero-order chi connectivity index (χ0) is 17.5. The number of hydrogen-bond acceptors (Lipinski definition) is 6. The van der Waals surface area contributed by atoms with Crippen molar-refractivity contribution in [2.24, 2.45) is 0 Å². The summed E-state index contributed by atoms with van der Waals surface area (Å²) >= 11 is 0. The molecule has 0 unspecified atom stereocenters. The summed E-state index contributed by atoms with van der Waals surface area (Å²) in [7, 11) is 0. The third-order valence-electron chi connectivity index (χ3n) is 3.15. The number of carbonyl (C=O) groups excluding carboxylic acids is 2. The number of nitro groups is 1. The first kappa shape index (κ1) is 17.2. The summed E-state index contributed by atoms with van der Waals surface area (Å²) in [6, 6.07) is 10.4. The molecule has 0 fully saturated rings. The summed E-state index contributed by atoms with van der Waals surface area (Å²) in [6.45, 7) is 1.83. The predicted molar refractivity (Wildman–Crippen MR) is 83.4 cm³/mol. The van der Waals surface area contributed by atoms with E-state index >= 15 is 0 Å². The molecule has 1 N–H and O–H groups in total. The Balaban J connectivity index is 2.12. The molecule has 0 aliphatic heterocycles. The lowest BCUT2D eigenvalue weighted by atomic mass is 10.1. The molecule has 1 aromatic heterocycles. The molecule has 2 rings (SSSR count). The van der Waals surface area contributed by atoms with Gasteiger partial charge in [0.25, 0.3) is 5.91 Å². The van der Waals surface area contributed by atoms with Crippen LogP contribution < -0.4 is 5.32 Å². The monoisotopic (exact) mass is 332 g/mol. The molecule has 24 heavy (non-hydrogen) atoms. The SMILES string of the molecule is CCOC(=O)[C@H](Cc1ccccc1)NC(=O)c1ccc([N+](=O)[O-])o1. The Hall–Kier alpha value is -3.16. The van der Waals surface area contributed by atoms with Crippen molar-refractivity contribution < 1.29 is 23.7 Å². The summed E-state index contributed by atoms with van der Waals surface area (Å²) in [5.74, 6) is -2.10. The van der Waals surface area contributed by atoms with Crippen LogP contribution in [0, 0.1) is 10.1 Å². The zero-order valence-electron chi connectivity index (χ0n) is 12.9. The van der Waals surface area contributed by atoms with Crippen molar-refractivity contribution in [1.29, 1.82) is 0 Å². The molecule has 1 aromatic carbocycles. The number of benzene rings is 1. The van der Waals surface area contributed by atoms with E-state index in [1.165, 1.54) is 6.07 Å². The van der Waals surface area contributed by atoms with Crippen LogP contribution in [-0.4, -0.2) is 29.4 Å². The van der Waals surface area contributed by atoms with Gasteiger partial charge in [-0.05, 0) is 18.6 Å². The highest BCUT2D eigenvalue weighted by atomic mass is 16.6. The molecular weight excluding hydrogens is 316 g/mol. The quantitative estimate of drug-likeness (QED) is 0.472. The Morgan fingerprint density at radius 3 is 2.54 bits per heavy atom.